The zero-order valence-electron chi connectivity index (χ0n) is 17.1. The highest BCUT2D eigenvalue weighted by Gasteiger charge is 2.15. The van der Waals surface area contributed by atoms with Crippen LogP contribution in [0.1, 0.15) is 40.1 Å². The van der Waals surface area contributed by atoms with Crippen molar-refractivity contribution in [2.75, 3.05) is 25.6 Å². The highest BCUT2D eigenvalue weighted by molar-refractivity contribution is 6.04. The average molecular weight is 398 g/mol. The molecule has 0 aliphatic rings. The van der Waals surface area contributed by atoms with Gasteiger partial charge in [0.25, 0.3) is 11.8 Å². The van der Waals surface area contributed by atoms with Gasteiger partial charge in [-0.05, 0) is 42.7 Å². The van der Waals surface area contributed by atoms with Gasteiger partial charge in [-0.25, -0.2) is 4.79 Å². The largest absolute Gasteiger partial charge is 0.496 e. The Hall–Kier alpha value is -3.35. The molecule has 0 aromatic heterocycles. The van der Waals surface area contributed by atoms with Crippen molar-refractivity contribution in [1.29, 1.82) is 0 Å². The number of hydrogen-bond acceptors (Lipinski definition) is 5. The van der Waals surface area contributed by atoms with Crippen LogP contribution in [0.3, 0.4) is 0 Å². The van der Waals surface area contributed by atoms with Gasteiger partial charge in [0.15, 0.2) is 6.61 Å². The Bertz CT molecular complexity index is 893. The van der Waals surface area contributed by atoms with E-state index in [0.717, 1.165) is 5.56 Å². The summed E-state index contributed by atoms with van der Waals surface area (Å²) in [5.74, 6) is -0.591. The molecular formula is C22H26N2O5. The molecule has 0 atom stereocenters. The van der Waals surface area contributed by atoms with Crippen LogP contribution in [0.5, 0.6) is 5.75 Å². The number of anilines is 1. The van der Waals surface area contributed by atoms with Crippen LogP contribution in [0.4, 0.5) is 5.69 Å². The number of carbonyl (C=O) groups excluding carboxylic acids is 3. The monoisotopic (exact) mass is 398 g/mol. The van der Waals surface area contributed by atoms with E-state index < -0.39 is 18.5 Å². The van der Waals surface area contributed by atoms with Crippen molar-refractivity contribution in [3.63, 3.8) is 0 Å². The number of rotatable bonds is 8. The predicted molar refractivity (Wildman–Crippen MR) is 110 cm³/mol. The highest BCUT2D eigenvalue weighted by Crippen LogP contribution is 2.19. The number of methoxy groups -OCH3 is 1. The van der Waals surface area contributed by atoms with Crippen LogP contribution in [0.2, 0.25) is 0 Å². The van der Waals surface area contributed by atoms with Crippen molar-refractivity contribution in [3.8, 4) is 5.75 Å². The van der Waals surface area contributed by atoms with Gasteiger partial charge in [0, 0.05) is 6.54 Å². The van der Waals surface area contributed by atoms with Gasteiger partial charge in [-0.2, -0.15) is 0 Å². The molecule has 29 heavy (non-hydrogen) atoms. The Balaban J connectivity index is 1.97. The molecule has 0 heterocycles. The molecular weight excluding hydrogens is 372 g/mol. The summed E-state index contributed by atoms with van der Waals surface area (Å²) < 4.78 is 10.3. The van der Waals surface area contributed by atoms with Gasteiger partial charge in [-0.1, -0.05) is 32.0 Å². The quantitative estimate of drug-likeness (QED) is 0.666. The Morgan fingerprint density at radius 2 is 1.79 bits per heavy atom. The third-order valence-electron chi connectivity index (χ3n) is 4.09. The van der Waals surface area contributed by atoms with Gasteiger partial charge < -0.3 is 20.1 Å². The first-order valence-corrected chi connectivity index (χ1v) is 9.30. The molecule has 0 spiro atoms. The van der Waals surface area contributed by atoms with Crippen molar-refractivity contribution in [3.05, 3.63) is 59.2 Å². The summed E-state index contributed by atoms with van der Waals surface area (Å²) in [6.07, 6.45) is 0. The number of carbonyl (C=O) groups is 3. The standard InChI is InChI=1S/C22H26N2O5/c1-14(2)12-23-21(26)17-7-5-6-8-18(17)24-20(25)13-29-22(27)16-10-9-15(3)19(11-16)28-4/h5-11,14H,12-13H2,1-4H3,(H,23,26)(H,24,25). The fraction of sp³-hybridized carbons (Fsp3) is 0.318. The van der Waals surface area contributed by atoms with E-state index in [1.165, 1.54) is 7.11 Å². The molecule has 0 radical (unpaired) electrons. The number of amides is 2. The molecule has 0 saturated carbocycles. The fourth-order valence-corrected chi connectivity index (χ4v) is 2.53. The summed E-state index contributed by atoms with van der Waals surface area (Å²) in [5, 5.41) is 5.43. The Labute approximate surface area is 170 Å². The van der Waals surface area contributed by atoms with Gasteiger partial charge in [-0.15, -0.1) is 0 Å². The van der Waals surface area contributed by atoms with Gasteiger partial charge in [0.2, 0.25) is 0 Å². The SMILES string of the molecule is COc1cc(C(=O)OCC(=O)Nc2ccccc2C(=O)NCC(C)C)ccc1C. The van der Waals surface area contributed by atoms with E-state index in [1.807, 2.05) is 20.8 Å². The maximum atomic E-state index is 12.3. The van der Waals surface area contributed by atoms with Crippen LogP contribution in [-0.4, -0.2) is 38.0 Å². The summed E-state index contributed by atoms with van der Waals surface area (Å²) >= 11 is 0. The van der Waals surface area contributed by atoms with Crippen molar-refractivity contribution in [2.24, 2.45) is 5.92 Å². The number of aryl methyl sites for hydroxylation is 1. The lowest BCUT2D eigenvalue weighted by atomic mass is 10.1. The van der Waals surface area contributed by atoms with Gasteiger partial charge >= 0.3 is 5.97 Å². The molecule has 7 nitrogen and oxygen atoms in total. The predicted octanol–water partition coefficient (Wildman–Crippen LogP) is 3.18. The van der Waals surface area contributed by atoms with Crippen LogP contribution in [0.25, 0.3) is 0 Å². The minimum atomic E-state index is -0.638. The zero-order chi connectivity index (χ0) is 21.4. The highest BCUT2D eigenvalue weighted by atomic mass is 16.5. The van der Waals surface area contributed by atoms with Crippen molar-refractivity contribution in [1.82, 2.24) is 5.32 Å². The van der Waals surface area contributed by atoms with Gasteiger partial charge in [-0.3, -0.25) is 9.59 Å². The summed E-state index contributed by atoms with van der Waals surface area (Å²) in [5.41, 5.74) is 1.87. The second-order valence-electron chi connectivity index (χ2n) is 6.96. The second-order valence-corrected chi connectivity index (χ2v) is 6.96. The van der Waals surface area contributed by atoms with E-state index in [9.17, 15) is 14.4 Å². The topological polar surface area (TPSA) is 93.7 Å². The molecule has 2 amide bonds. The number of ether oxygens (including phenoxy) is 2. The lowest BCUT2D eigenvalue weighted by molar-refractivity contribution is -0.119. The molecule has 2 N–H and O–H groups in total. The number of esters is 1. The number of para-hydroxylation sites is 1. The third-order valence-corrected chi connectivity index (χ3v) is 4.09. The molecule has 0 unspecified atom stereocenters. The third kappa shape index (κ3) is 6.34. The average Bonchev–Trinajstić information content (AvgIpc) is 2.71. The molecule has 154 valence electrons. The van der Waals surface area contributed by atoms with E-state index in [-0.39, 0.29) is 11.5 Å². The Kier molecular flexibility index (Phi) is 7.77. The molecule has 0 aliphatic carbocycles. The lowest BCUT2D eigenvalue weighted by Crippen LogP contribution is -2.29. The summed E-state index contributed by atoms with van der Waals surface area (Å²) in [6, 6.07) is 11.6. The Morgan fingerprint density at radius 1 is 1.07 bits per heavy atom. The van der Waals surface area contributed by atoms with Crippen LogP contribution < -0.4 is 15.4 Å². The van der Waals surface area contributed by atoms with E-state index in [4.69, 9.17) is 9.47 Å². The van der Waals surface area contributed by atoms with Crippen LogP contribution in [0.15, 0.2) is 42.5 Å². The molecule has 0 bridgehead atoms. The second kappa shape index (κ2) is 10.3. The number of nitrogens with one attached hydrogen (secondary N) is 2. The van der Waals surface area contributed by atoms with E-state index in [1.54, 1.807) is 42.5 Å². The van der Waals surface area contributed by atoms with Crippen molar-refractivity contribution in [2.45, 2.75) is 20.8 Å². The summed E-state index contributed by atoms with van der Waals surface area (Å²) in [7, 11) is 1.51. The van der Waals surface area contributed by atoms with Crippen LogP contribution >= 0.6 is 0 Å². The molecule has 2 aromatic carbocycles. The lowest BCUT2D eigenvalue weighted by Gasteiger charge is -2.13. The van der Waals surface area contributed by atoms with Crippen LogP contribution in [0, 0.1) is 12.8 Å². The number of benzene rings is 2. The maximum absolute atomic E-state index is 12.3. The normalized spacial score (nSPS) is 10.4. The molecule has 2 aromatic rings. The van der Waals surface area contributed by atoms with Crippen molar-refractivity contribution >= 4 is 23.5 Å². The molecule has 0 fully saturated rings. The Morgan fingerprint density at radius 3 is 2.48 bits per heavy atom. The minimum Gasteiger partial charge on any atom is -0.496 e. The van der Waals surface area contributed by atoms with Crippen LogP contribution in [-0.2, 0) is 9.53 Å². The smallest absolute Gasteiger partial charge is 0.338 e. The first-order valence-electron chi connectivity index (χ1n) is 9.30. The van der Waals surface area contributed by atoms with E-state index >= 15 is 0 Å². The van der Waals surface area contributed by atoms with Crippen molar-refractivity contribution < 1.29 is 23.9 Å². The van der Waals surface area contributed by atoms with E-state index in [0.29, 0.717) is 29.5 Å². The van der Waals surface area contributed by atoms with E-state index in [2.05, 4.69) is 10.6 Å². The maximum Gasteiger partial charge on any atom is 0.338 e. The number of hydrogen-bond donors (Lipinski definition) is 2. The molecule has 2 rings (SSSR count). The zero-order valence-corrected chi connectivity index (χ0v) is 17.1. The van der Waals surface area contributed by atoms with Gasteiger partial charge in [0.05, 0.1) is 23.9 Å². The molecule has 0 saturated heterocycles. The first-order chi connectivity index (χ1) is 13.8. The van der Waals surface area contributed by atoms with Gasteiger partial charge in [0.1, 0.15) is 5.75 Å². The summed E-state index contributed by atoms with van der Waals surface area (Å²) in [6.45, 7) is 5.89. The molecule has 7 heteroatoms. The fourth-order valence-electron chi connectivity index (χ4n) is 2.53. The first kappa shape index (κ1) is 21.9. The molecule has 0 aliphatic heterocycles. The minimum absolute atomic E-state index is 0.279. The summed E-state index contributed by atoms with van der Waals surface area (Å²) in [4.78, 5) is 36.7.